The van der Waals surface area contributed by atoms with Gasteiger partial charge in [-0.1, -0.05) is 37.8 Å². The third kappa shape index (κ3) is 13.0. The van der Waals surface area contributed by atoms with E-state index in [0.717, 1.165) is 6.42 Å². The second-order valence-corrected chi connectivity index (χ2v) is 17.9. The van der Waals surface area contributed by atoms with Crippen molar-refractivity contribution in [2.45, 2.75) is 184 Å². The van der Waals surface area contributed by atoms with E-state index in [9.17, 15) is 30.0 Å². The lowest BCUT2D eigenvalue weighted by atomic mass is 9.80. The lowest BCUT2D eigenvalue weighted by Crippen LogP contribution is -2.65. The number of allylic oxidation sites excluding steroid dienone is 2. The van der Waals surface area contributed by atoms with Crippen LogP contribution in [0.4, 0.5) is 0 Å². The fourth-order valence-electron chi connectivity index (χ4n) is 9.06. The molecule has 0 bridgehead atoms. The molecule has 4 heterocycles. The van der Waals surface area contributed by atoms with Gasteiger partial charge in [-0.25, -0.2) is 0 Å². The maximum Gasteiger partial charge on any atom is 0.308 e. The van der Waals surface area contributed by atoms with Crippen molar-refractivity contribution in [3.05, 3.63) is 36.5 Å². The van der Waals surface area contributed by atoms with Crippen molar-refractivity contribution in [2.24, 2.45) is 11.8 Å². The molecule has 4 rings (SSSR count). The van der Waals surface area contributed by atoms with Crippen molar-refractivity contribution >= 4 is 12.3 Å². The highest BCUT2D eigenvalue weighted by atomic mass is 16.7. The third-order valence-electron chi connectivity index (χ3n) is 12.5. The molecule has 4 aliphatic heterocycles. The first kappa shape index (κ1) is 50.5. The fourth-order valence-corrected chi connectivity index (χ4v) is 9.06. The highest BCUT2D eigenvalue weighted by Crippen LogP contribution is 2.38. The zero-order chi connectivity index (χ0) is 44.6. The lowest BCUT2D eigenvalue weighted by Gasteiger charge is -2.50. The number of aliphatic hydroxyl groups is 4. The van der Waals surface area contributed by atoms with Crippen LogP contribution in [0.5, 0.6) is 0 Å². The van der Waals surface area contributed by atoms with E-state index in [1.807, 2.05) is 52.2 Å². The number of nitrogens with zero attached hydrogens (tertiary/aromatic N) is 2. The molecule has 4 aliphatic rings. The lowest BCUT2D eigenvalue weighted by molar-refractivity contribution is -0.343. The van der Waals surface area contributed by atoms with Crippen LogP contribution >= 0.6 is 0 Å². The van der Waals surface area contributed by atoms with Gasteiger partial charge in [0.15, 0.2) is 18.9 Å². The van der Waals surface area contributed by atoms with Gasteiger partial charge in [-0.05, 0) is 93.6 Å². The molecule has 16 nitrogen and oxygen atoms in total. The number of carbonyl (C=O) groups is 2. The Kier molecular flexibility index (Phi) is 18.9. The van der Waals surface area contributed by atoms with Crippen LogP contribution in [0, 0.1) is 11.8 Å². The number of hydrogen-bond donors (Lipinski definition) is 4. The van der Waals surface area contributed by atoms with E-state index in [1.165, 1.54) is 14.0 Å². The van der Waals surface area contributed by atoms with Gasteiger partial charge in [0.25, 0.3) is 0 Å². The van der Waals surface area contributed by atoms with Crippen LogP contribution in [0.25, 0.3) is 0 Å². The van der Waals surface area contributed by atoms with Crippen molar-refractivity contribution < 1.29 is 67.9 Å². The van der Waals surface area contributed by atoms with E-state index in [1.54, 1.807) is 39.8 Å². The first-order valence-electron chi connectivity index (χ1n) is 21.4. The molecule has 0 radical (unpaired) electrons. The van der Waals surface area contributed by atoms with Crippen LogP contribution in [-0.4, -0.2) is 181 Å². The number of aliphatic hydroxyl groups excluding tert-OH is 3. The van der Waals surface area contributed by atoms with E-state index in [-0.39, 0.29) is 36.5 Å². The van der Waals surface area contributed by atoms with E-state index < -0.39 is 110 Å². The van der Waals surface area contributed by atoms with Crippen molar-refractivity contribution in [1.82, 2.24) is 9.80 Å². The second-order valence-electron chi connectivity index (χ2n) is 17.9. The number of carbonyl (C=O) groups excluding carboxylic acids is 2. The molecule has 0 aromatic rings. The Balaban J connectivity index is 1.70. The van der Waals surface area contributed by atoms with Gasteiger partial charge < -0.3 is 68.1 Å². The van der Waals surface area contributed by atoms with E-state index in [4.69, 9.17) is 37.9 Å². The number of esters is 1. The number of cyclic esters (lactones) is 1. The topological polar surface area (TPSA) is 195 Å². The van der Waals surface area contributed by atoms with Crippen LogP contribution < -0.4 is 0 Å². The highest BCUT2D eigenvalue weighted by molar-refractivity contribution is 5.73. The average molecular weight is 855 g/mol. The van der Waals surface area contributed by atoms with Crippen LogP contribution in [0.15, 0.2) is 36.5 Å². The summed E-state index contributed by atoms with van der Waals surface area (Å²) in [5.74, 6) is -1.79. The quantitative estimate of drug-likeness (QED) is 0.134. The molecular weight excluding hydrogens is 780 g/mol. The molecule has 0 aromatic carbocycles. The van der Waals surface area contributed by atoms with Gasteiger partial charge in [0.05, 0.1) is 54.7 Å². The highest BCUT2D eigenvalue weighted by Gasteiger charge is 2.52. The van der Waals surface area contributed by atoms with Crippen LogP contribution in [0.1, 0.15) is 80.1 Å². The van der Waals surface area contributed by atoms with Crippen molar-refractivity contribution in [3.63, 3.8) is 0 Å². The largest absolute Gasteiger partial charge is 0.462 e. The Labute approximate surface area is 356 Å². The minimum Gasteiger partial charge on any atom is -0.462 e. The Hall–Kier alpha value is -2.16. The first-order valence-corrected chi connectivity index (χ1v) is 21.4. The first-order chi connectivity index (χ1) is 28.2. The Morgan fingerprint density at radius 2 is 1.57 bits per heavy atom. The summed E-state index contributed by atoms with van der Waals surface area (Å²) in [7, 11) is 8.97. The maximum absolute atomic E-state index is 13.1. The number of likely N-dealkylation sites (N-methyl/N-ethyl adjacent to an activating group) is 2. The molecule has 0 aliphatic carbocycles. The standard InChI is InChI=1S/C44H74N2O14/c1-24-20-30(25(2)23-47)40(60-43-38(50)37(46(10)11)39(28(5)57-43)59-36-22-44(7,52)42(51)29(6)56-36)41(53-12)32(48)21-34(49)54-26(3)16-14-13-15-17-33(24)58-35-19-18-31(45(8)9)27(4)55-35/h13-15,17,23-24,26-33,35-43,48,50-52H,2,16,18-22H2,1,3-12H3/b14-13+,17-15+/t24-,26-,27?,28?,29?,30-,31?,32-,33?,35?,36?,37?,38?,39?,40+,41+,42?,43?,44?/m1/s1. The van der Waals surface area contributed by atoms with Crippen LogP contribution in [0.3, 0.4) is 0 Å². The van der Waals surface area contributed by atoms with Gasteiger partial charge in [-0.2, -0.15) is 0 Å². The molecule has 4 N–H and O–H groups in total. The number of ether oxygens (including phenoxy) is 8. The third-order valence-corrected chi connectivity index (χ3v) is 12.5. The Morgan fingerprint density at radius 3 is 2.17 bits per heavy atom. The van der Waals surface area contributed by atoms with Gasteiger partial charge in [-0.15, -0.1) is 0 Å². The van der Waals surface area contributed by atoms with Crippen molar-refractivity contribution in [1.29, 1.82) is 0 Å². The molecule has 3 saturated heterocycles. The van der Waals surface area contributed by atoms with E-state index in [2.05, 4.69) is 11.5 Å². The Bertz CT molecular complexity index is 1440. The minimum atomic E-state index is -1.48. The average Bonchev–Trinajstić information content (AvgIpc) is 3.15. The summed E-state index contributed by atoms with van der Waals surface area (Å²) in [5, 5.41) is 45.2. The summed E-state index contributed by atoms with van der Waals surface area (Å²) in [6.07, 6.45) is -2.54. The Morgan fingerprint density at radius 1 is 0.883 bits per heavy atom. The van der Waals surface area contributed by atoms with Gasteiger partial charge in [0.2, 0.25) is 0 Å². The minimum absolute atomic E-state index is 0.0268. The molecule has 344 valence electrons. The second kappa shape index (κ2) is 22.5. The molecule has 16 heteroatoms. The van der Waals surface area contributed by atoms with Crippen LogP contribution in [-0.2, 0) is 47.5 Å². The summed E-state index contributed by atoms with van der Waals surface area (Å²) >= 11 is 0. The summed E-state index contributed by atoms with van der Waals surface area (Å²) in [6, 6.07) is -0.510. The predicted molar refractivity (Wildman–Crippen MR) is 221 cm³/mol. The number of hydrogen-bond acceptors (Lipinski definition) is 16. The zero-order valence-electron chi connectivity index (χ0n) is 37.5. The molecule has 0 amide bonds. The van der Waals surface area contributed by atoms with E-state index >= 15 is 0 Å². The maximum atomic E-state index is 13.1. The molecule has 0 spiro atoms. The summed E-state index contributed by atoms with van der Waals surface area (Å²) < 4.78 is 50.0. The SMILES string of the molecule is C=C(C=O)[C@H]1C[C@@H](C)C(OC2CCC(N(C)C)C(C)O2)/C=C/C=C/C[C@@H](C)OC(=O)C[C@@H](O)[C@H](OC)[C@H]1OC1OC(C)C(OC2CC(C)(O)C(O)C(C)O2)C(N(C)C)C1O. The van der Waals surface area contributed by atoms with Crippen molar-refractivity contribution in [2.75, 3.05) is 35.3 Å². The van der Waals surface area contributed by atoms with Crippen LogP contribution in [0.2, 0.25) is 0 Å². The molecular formula is C44H74N2O14. The summed E-state index contributed by atoms with van der Waals surface area (Å²) in [6.45, 7) is 14.8. The normalized spacial score (nSPS) is 45.2. The number of rotatable bonds is 11. The number of aldehydes is 1. The summed E-state index contributed by atoms with van der Waals surface area (Å²) in [5.41, 5.74) is -1.34. The summed E-state index contributed by atoms with van der Waals surface area (Å²) in [4.78, 5) is 29.8. The monoisotopic (exact) mass is 855 g/mol. The molecule has 3 fully saturated rings. The smallest absolute Gasteiger partial charge is 0.308 e. The van der Waals surface area contributed by atoms with Gasteiger partial charge in [0, 0.05) is 31.9 Å². The fraction of sp³-hybridized carbons (Fsp3) is 0.818. The zero-order valence-corrected chi connectivity index (χ0v) is 37.5. The molecule has 0 aromatic heterocycles. The van der Waals surface area contributed by atoms with Gasteiger partial charge in [-0.3, -0.25) is 9.59 Å². The molecule has 19 atom stereocenters. The van der Waals surface area contributed by atoms with E-state index in [0.29, 0.717) is 19.1 Å². The predicted octanol–water partition coefficient (Wildman–Crippen LogP) is 2.49. The van der Waals surface area contributed by atoms with Gasteiger partial charge in [0.1, 0.15) is 36.8 Å². The molecule has 13 unspecified atom stereocenters. The molecule has 0 saturated carbocycles. The molecule has 60 heavy (non-hydrogen) atoms. The number of methoxy groups -OCH3 is 1. The van der Waals surface area contributed by atoms with Crippen molar-refractivity contribution in [3.8, 4) is 0 Å². The van der Waals surface area contributed by atoms with Gasteiger partial charge >= 0.3 is 5.97 Å².